The number of anilines is 1. The first-order valence-corrected chi connectivity index (χ1v) is 5.99. The van der Waals surface area contributed by atoms with Crippen molar-refractivity contribution in [1.82, 2.24) is 9.78 Å². The van der Waals surface area contributed by atoms with Gasteiger partial charge in [-0.2, -0.15) is 5.10 Å². The smallest absolute Gasteiger partial charge is 0.246 e. The van der Waals surface area contributed by atoms with E-state index in [4.69, 9.17) is 11.6 Å². The fourth-order valence-corrected chi connectivity index (χ4v) is 1.81. The maximum atomic E-state index is 11.9. The minimum absolute atomic E-state index is 0.118. The molecule has 0 aliphatic rings. The van der Waals surface area contributed by atoms with Crippen molar-refractivity contribution in [2.45, 2.75) is 20.4 Å². The monoisotopic (exact) mass is 263 g/mol. The number of aryl methyl sites for hydroxylation is 1. The molecule has 5 heteroatoms. The SMILES string of the molecule is Cc1c(Cl)cccc1NC(=O)Cn1nccc1C. The van der Waals surface area contributed by atoms with Gasteiger partial charge in [-0.15, -0.1) is 0 Å². The third-order valence-corrected chi connectivity index (χ3v) is 3.17. The van der Waals surface area contributed by atoms with Gasteiger partial charge in [0.2, 0.25) is 5.91 Å². The molecule has 0 bridgehead atoms. The molecule has 0 atom stereocenters. The molecule has 94 valence electrons. The van der Waals surface area contributed by atoms with E-state index >= 15 is 0 Å². The van der Waals surface area contributed by atoms with Gasteiger partial charge in [-0.3, -0.25) is 9.48 Å². The molecule has 1 heterocycles. The van der Waals surface area contributed by atoms with E-state index in [9.17, 15) is 4.79 Å². The molecule has 0 aliphatic heterocycles. The third kappa shape index (κ3) is 2.71. The first kappa shape index (κ1) is 12.6. The van der Waals surface area contributed by atoms with Crippen molar-refractivity contribution in [3.05, 3.63) is 46.7 Å². The number of hydrogen-bond donors (Lipinski definition) is 1. The van der Waals surface area contributed by atoms with E-state index in [0.717, 1.165) is 16.9 Å². The molecule has 0 saturated carbocycles. The highest BCUT2D eigenvalue weighted by Crippen LogP contribution is 2.22. The molecule has 0 saturated heterocycles. The highest BCUT2D eigenvalue weighted by atomic mass is 35.5. The molecule has 2 aromatic rings. The van der Waals surface area contributed by atoms with Crippen LogP contribution in [0.1, 0.15) is 11.3 Å². The summed E-state index contributed by atoms with van der Waals surface area (Å²) in [5.74, 6) is -0.118. The summed E-state index contributed by atoms with van der Waals surface area (Å²) >= 11 is 6.00. The molecular formula is C13H14ClN3O. The molecule has 1 aromatic carbocycles. The standard InChI is InChI=1S/C13H14ClN3O/c1-9-6-7-15-17(9)8-13(18)16-12-5-3-4-11(14)10(12)2/h3-7H,8H2,1-2H3,(H,16,18). The molecule has 0 fully saturated rings. The number of aromatic nitrogens is 2. The van der Waals surface area contributed by atoms with Gasteiger partial charge in [-0.05, 0) is 37.6 Å². The lowest BCUT2D eigenvalue weighted by atomic mass is 10.2. The van der Waals surface area contributed by atoms with Crippen molar-refractivity contribution >= 4 is 23.2 Å². The average Bonchev–Trinajstić information content (AvgIpc) is 2.71. The minimum atomic E-state index is -0.118. The summed E-state index contributed by atoms with van der Waals surface area (Å²) < 4.78 is 1.65. The van der Waals surface area contributed by atoms with Crippen LogP contribution < -0.4 is 5.32 Å². The second-order valence-corrected chi connectivity index (χ2v) is 4.50. The van der Waals surface area contributed by atoms with E-state index in [-0.39, 0.29) is 12.5 Å². The van der Waals surface area contributed by atoms with Crippen LogP contribution >= 0.6 is 11.6 Å². The Morgan fingerprint density at radius 3 is 2.83 bits per heavy atom. The number of benzene rings is 1. The molecule has 4 nitrogen and oxygen atoms in total. The van der Waals surface area contributed by atoms with Crippen LogP contribution in [0.5, 0.6) is 0 Å². The van der Waals surface area contributed by atoms with Crippen molar-refractivity contribution < 1.29 is 4.79 Å². The largest absolute Gasteiger partial charge is 0.324 e. The molecule has 0 unspecified atom stereocenters. The Hall–Kier alpha value is -1.81. The van der Waals surface area contributed by atoms with Crippen LogP contribution in [0, 0.1) is 13.8 Å². The maximum absolute atomic E-state index is 11.9. The number of halogens is 1. The summed E-state index contributed by atoms with van der Waals surface area (Å²) in [6.07, 6.45) is 1.67. The summed E-state index contributed by atoms with van der Waals surface area (Å²) in [6.45, 7) is 3.98. The van der Waals surface area contributed by atoms with Gasteiger partial charge in [0.1, 0.15) is 6.54 Å². The number of carbonyl (C=O) groups is 1. The topological polar surface area (TPSA) is 46.9 Å². The zero-order valence-corrected chi connectivity index (χ0v) is 11.0. The van der Waals surface area contributed by atoms with Gasteiger partial charge in [-0.1, -0.05) is 17.7 Å². The van der Waals surface area contributed by atoms with Crippen molar-refractivity contribution in [3.63, 3.8) is 0 Å². The number of carbonyl (C=O) groups excluding carboxylic acids is 1. The van der Waals surface area contributed by atoms with E-state index in [1.165, 1.54) is 0 Å². The lowest BCUT2D eigenvalue weighted by Gasteiger charge is -2.10. The third-order valence-electron chi connectivity index (χ3n) is 2.76. The van der Waals surface area contributed by atoms with E-state index < -0.39 is 0 Å². The highest BCUT2D eigenvalue weighted by molar-refractivity contribution is 6.31. The summed E-state index contributed by atoms with van der Waals surface area (Å²) in [4.78, 5) is 11.9. The fourth-order valence-electron chi connectivity index (χ4n) is 1.63. The zero-order valence-electron chi connectivity index (χ0n) is 10.3. The maximum Gasteiger partial charge on any atom is 0.246 e. The number of rotatable bonds is 3. The van der Waals surface area contributed by atoms with Crippen LogP contribution in [0.15, 0.2) is 30.5 Å². The molecule has 1 amide bonds. The normalized spacial score (nSPS) is 10.4. The molecule has 1 N–H and O–H groups in total. The lowest BCUT2D eigenvalue weighted by molar-refractivity contribution is -0.116. The molecule has 0 aliphatic carbocycles. The average molecular weight is 264 g/mol. The van der Waals surface area contributed by atoms with Gasteiger partial charge in [0.05, 0.1) is 0 Å². The predicted octanol–water partition coefficient (Wildman–Crippen LogP) is 2.79. The summed E-state index contributed by atoms with van der Waals surface area (Å²) in [6, 6.07) is 7.29. The van der Waals surface area contributed by atoms with Crippen LogP contribution in [0.3, 0.4) is 0 Å². The van der Waals surface area contributed by atoms with Gasteiger partial charge in [0.25, 0.3) is 0 Å². The van der Waals surface area contributed by atoms with Crippen molar-refractivity contribution in [2.24, 2.45) is 0 Å². The number of amides is 1. The lowest BCUT2D eigenvalue weighted by Crippen LogP contribution is -2.20. The first-order valence-electron chi connectivity index (χ1n) is 5.61. The highest BCUT2D eigenvalue weighted by Gasteiger charge is 2.08. The van der Waals surface area contributed by atoms with Gasteiger partial charge in [0, 0.05) is 22.6 Å². The zero-order chi connectivity index (χ0) is 13.1. The summed E-state index contributed by atoms with van der Waals surface area (Å²) in [5.41, 5.74) is 2.55. The van der Waals surface area contributed by atoms with Gasteiger partial charge in [0.15, 0.2) is 0 Å². The Labute approximate surface area is 111 Å². The van der Waals surface area contributed by atoms with Crippen LogP contribution in [0.4, 0.5) is 5.69 Å². The predicted molar refractivity (Wildman–Crippen MR) is 71.8 cm³/mol. The van der Waals surface area contributed by atoms with E-state index in [1.807, 2.05) is 32.0 Å². The molecule has 0 spiro atoms. The second-order valence-electron chi connectivity index (χ2n) is 4.09. The van der Waals surface area contributed by atoms with Crippen molar-refractivity contribution in [1.29, 1.82) is 0 Å². The van der Waals surface area contributed by atoms with Crippen molar-refractivity contribution in [3.8, 4) is 0 Å². The van der Waals surface area contributed by atoms with E-state index in [2.05, 4.69) is 10.4 Å². The van der Waals surface area contributed by atoms with E-state index in [1.54, 1.807) is 16.9 Å². The number of hydrogen-bond acceptors (Lipinski definition) is 2. The molecule has 2 rings (SSSR count). The number of nitrogens with zero attached hydrogens (tertiary/aromatic N) is 2. The fraction of sp³-hybridized carbons (Fsp3) is 0.231. The Morgan fingerprint density at radius 1 is 1.39 bits per heavy atom. The van der Waals surface area contributed by atoms with Crippen LogP contribution in [0.25, 0.3) is 0 Å². The van der Waals surface area contributed by atoms with Crippen LogP contribution in [-0.2, 0) is 11.3 Å². The van der Waals surface area contributed by atoms with Crippen LogP contribution in [0.2, 0.25) is 5.02 Å². The summed E-state index contributed by atoms with van der Waals surface area (Å²) in [5, 5.41) is 7.54. The van der Waals surface area contributed by atoms with Gasteiger partial charge < -0.3 is 5.32 Å². The Kier molecular flexibility index (Phi) is 3.67. The van der Waals surface area contributed by atoms with Crippen molar-refractivity contribution in [2.75, 3.05) is 5.32 Å². The first-order chi connectivity index (χ1) is 8.58. The molecular weight excluding hydrogens is 250 g/mol. The van der Waals surface area contributed by atoms with Gasteiger partial charge >= 0.3 is 0 Å². The Morgan fingerprint density at radius 2 is 2.17 bits per heavy atom. The quantitative estimate of drug-likeness (QED) is 0.926. The molecule has 0 radical (unpaired) electrons. The Bertz CT molecular complexity index is 577. The van der Waals surface area contributed by atoms with E-state index in [0.29, 0.717) is 5.02 Å². The van der Waals surface area contributed by atoms with Crippen LogP contribution in [-0.4, -0.2) is 15.7 Å². The Balaban J connectivity index is 2.08. The minimum Gasteiger partial charge on any atom is -0.324 e. The van der Waals surface area contributed by atoms with Gasteiger partial charge in [-0.25, -0.2) is 0 Å². The molecule has 18 heavy (non-hydrogen) atoms. The molecule has 1 aromatic heterocycles. The number of nitrogens with one attached hydrogen (secondary N) is 1. The second kappa shape index (κ2) is 5.23. The summed E-state index contributed by atoms with van der Waals surface area (Å²) in [7, 11) is 0.